The Bertz CT molecular complexity index is 999. The molecule has 1 saturated heterocycles. The molecule has 1 atom stereocenters. The van der Waals surface area contributed by atoms with E-state index < -0.39 is 0 Å². The van der Waals surface area contributed by atoms with Gasteiger partial charge in [-0.05, 0) is 43.2 Å². The van der Waals surface area contributed by atoms with E-state index in [-0.39, 0.29) is 12.1 Å². The average Bonchev–Trinajstić information content (AvgIpc) is 2.98. The highest BCUT2D eigenvalue weighted by atomic mass is 16.5. The number of carbonyl (C=O) groups excluding carboxylic acids is 1. The zero-order chi connectivity index (χ0) is 22.7. The lowest BCUT2D eigenvalue weighted by atomic mass is 9.94. The smallest absolute Gasteiger partial charge is 0.337 e. The molecule has 0 unspecified atom stereocenters. The first-order valence-corrected chi connectivity index (χ1v) is 11.0. The molecule has 0 saturated carbocycles. The molecule has 2 N–H and O–H groups in total. The summed E-state index contributed by atoms with van der Waals surface area (Å²) in [5.74, 6) is 1.30. The van der Waals surface area contributed by atoms with E-state index in [9.17, 15) is 4.79 Å². The second-order valence-corrected chi connectivity index (χ2v) is 8.05. The molecule has 8 heteroatoms. The van der Waals surface area contributed by atoms with Crippen LogP contribution in [0.5, 0.6) is 11.5 Å². The maximum atomic E-state index is 12.6. The number of hydrogen-bond donors (Lipinski definition) is 2. The van der Waals surface area contributed by atoms with Crippen molar-refractivity contribution >= 4 is 17.4 Å². The van der Waals surface area contributed by atoms with Gasteiger partial charge < -0.3 is 25.0 Å². The molecule has 2 aromatic carbocycles. The number of hydrazone groups is 1. The van der Waals surface area contributed by atoms with Gasteiger partial charge in [-0.25, -0.2) is 9.80 Å². The third-order valence-corrected chi connectivity index (χ3v) is 6.05. The number of ether oxygens (including phenoxy) is 2. The van der Waals surface area contributed by atoms with Crippen LogP contribution >= 0.6 is 0 Å². The van der Waals surface area contributed by atoms with Crippen molar-refractivity contribution in [1.29, 1.82) is 0 Å². The molecule has 0 aliphatic carbocycles. The van der Waals surface area contributed by atoms with E-state index >= 15 is 0 Å². The Morgan fingerprint density at radius 3 is 2.38 bits per heavy atom. The molecule has 1 fully saturated rings. The lowest BCUT2D eigenvalue weighted by Gasteiger charge is -2.29. The molecule has 170 valence electrons. The van der Waals surface area contributed by atoms with E-state index in [1.54, 1.807) is 21.3 Å². The number of amides is 2. The number of anilines is 1. The lowest BCUT2D eigenvalue weighted by molar-refractivity contribution is 0.184. The summed E-state index contributed by atoms with van der Waals surface area (Å²) in [6, 6.07) is 12.0. The molecule has 2 aromatic rings. The summed E-state index contributed by atoms with van der Waals surface area (Å²) in [6.07, 6.45) is 0.648. The van der Waals surface area contributed by atoms with Gasteiger partial charge in [0.25, 0.3) is 0 Å². The normalized spacial score (nSPS) is 18.4. The average molecular weight is 438 g/mol. The van der Waals surface area contributed by atoms with Crippen LogP contribution in [0.4, 0.5) is 10.5 Å². The summed E-state index contributed by atoms with van der Waals surface area (Å²) in [7, 11) is 4.88. The summed E-state index contributed by atoms with van der Waals surface area (Å²) in [6.45, 7) is 5.95. The van der Waals surface area contributed by atoms with Crippen LogP contribution in [0.3, 0.4) is 0 Å². The number of hydrogen-bond acceptors (Lipinski definition) is 6. The largest absolute Gasteiger partial charge is 0.493 e. The standard InChI is InChI=1S/C24H31N5O3/c1-16-13-18-14-21(31-3)22(32-4)15-20(18)23(27-29(16)24(30)25-2)17-5-7-19(8-6-17)28-11-9-26-10-12-28/h5-8,14-16,26H,9-13H2,1-4H3,(H,25,30)/t16-/m0/s1. The maximum absolute atomic E-state index is 12.6. The molecule has 4 rings (SSSR count). The van der Waals surface area contributed by atoms with Gasteiger partial charge in [-0.3, -0.25) is 0 Å². The third kappa shape index (κ3) is 4.23. The van der Waals surface area contributed by atoms with E-state index in [1.807, 2.05) is 19.1 Å². The highest BCUT2D eigenvalue weighted by Gasteiger charge is 2.28. The number of rotatable bonds is 4. The Balaban J connectivity index is 1.80. The van der Waals surface area contributed by atoms with Crippen molar-refractivity contribution in [3.05, 3.63) is 53.1 Å². The summed E-state index contributed by atoms with van der Waals surface area (Å²) in [4.78, 5) is 15.0. The van der Waals surface area contributed by atoms with E-state index in [2.05, 4.69) is 39.8 Å². The SMILES string of the molecule is CNC(=O)N1N=C(c2ccc(N3CCNCC3)cc2)c2cc(OC)c(OC)cc2C[C@@H]1C. The fraction of sp³-hybridized carbons (Fsp3) is 0.417. The van der Waals surface area contributed by atoms with Crippen LogP contribution in [0.1, 0.15) is 23.6 Å². The second kappa shape index (κ2) is 9.48. The van der Waals surface area contributed by atoms with Gasteiger partial charge in [0.2, 0.25) is 0 Å². The van der Waals surface area contributed by atoms with Crippen LogP contribution in [0.25, 0.3) is 0 Å². The zero-order valence-corrected chi connectivity index (χ0v) is 19.1. The van der Waals surface area contributed by atoms with Gasteiger partial charge in [-0.1, -0.05) is 12.1 Å². The van der Waals surface area contributed by atoms with Crippen molar-refractivity contribution in [2.24, 2.45) is 5.10 Å². The van der Waals surface area contributed by atoms with E-state index in [0.29, 0.717) is 17.9 Å². The summed E-state index contributed by atoms with van der Waals surface area (Å²) in [5, 5.41) is 12.4. The maximum Gasteiger partial charge on any atom is 0.337 e. The van der Waals surface area contributed by atoms with Crippen LogP contribution in [0.2, 0.25) is 0 Å². The first-order chi connectivity index (χ1) is 15.5. The van der Waals surface area contributed by atoms with Crippen LogP contribution in [0, 0.1) is 0 Å². The Kier molecular flexibility index (Phi) is 6.50. The van der Waals surface area contributed by atoms with E-state index in [1.165, 1.54) is 10.7 Å². The summed E-state index contributed by atoms with van der Waals surface area (Å²) < 4.78 is 11.1. The Labute approximate surface area is 189 Å². The van der Waals surface area contributed by atoms with Gasteiger partial charge in [0, 0.05) is 50.0 Å². The molecule has 8 nitrogen and oxygen atoms in total. The van der Waals surface area contributed by atoms with E-state index in [4.69, 9.17) is 14.6 Å². The highest BCUT2D eigenvalue weighted by molar-refractivity contribution is 6.14. The first-order valence-electron chi connectivity index (χ1n) is 11.0. The van der Waals surface area contributed by atoms with Gasteiger partial charge in [0.1, 0.15) is 0 Å². The molecule has 0 bridgehead atoms. The van der Waals surface area contributed by atoms with Crippen LogP contribution in [-0.2, 0) is 6.42 Å². The minimum absolute atomic E-state index is 0.121. The Morgan fingerprint density at radius 2 is 1.75 bits per heavy atom. The molecule has 32 heavy (non-hydrogen) atoms. The molecule has 0 radical (unpaired) electrons. The van der Waals surface area contributed by atoms with Crippen LogP contribution < -0.4 is 25.0 Å². The number of carbonyl (C=O) groups is 1. The van der Waals surface area contributed by atoms with Gasteiger partial charge in [-0.2, -0.15) is 5.10 Å². The molecule has 0 spiro atoms. The second-order valence-electron chi connectivity index (χ2n) is 8.05. The predicted octanol–water partition coefficient (Wildman–Crippen LogP) is 2.45. The molecular formula is C24H31N5O3. The molecule has 0 aromatic heterocycles. The van der Waals surface area contributed by atoms with Crippen molar-refractivity contribution in [2.75, 3.05) is 52.3 Å². The molecule has 2 heterocycles. The van der Waals surface area contributed by atoms with Gasteiger partial charge in [0.15, 0.2) is 11.5 Å². The number of urea groups is 1. The number of benzene rings is 2. The van der Waals surface area contributed by atoms with Crippen molar-refractivity contribution in [3.8, 4) is 11.5 Å². The third-order valence-electron chi connectivity index (χ3n) is 6.05. The van der Waals surface area contributed by atoms with Crippen LogP contribution in [-0.4, -0.2) is 70.2 Å². The first kappa shape index (κ1) is 22.0. The van der Waals surface area contributed by atoms with E-state index in [0.717, 1.165) is 48.6 Å². The Morgan fingerprint density at radius 1 is 1.09 bits per heavy atom. The molecule has 2 aliphatic heterocycles. The number of methoxy groups -OCH3 is 2. The predicted molar refractivity (Wildman–Crippen MR) is 126 cm³/mol. The van der Waals surface area contributed by atoms with Gasteiger partial charge >= 0.3 is 6.03 Å². The summed E-state index contributed by atoms with van der Waals surface area (Å²) >= 11 is 0. The fourth-order valence-electron chi connectivity index (χ4n) is 4.30. The number of nitrogens with one attached hydrogen (secondary N) is 2. The zero-order valence-electron chi connectivity index (χ0n) is 19.1. The quantitative estimate of drug-likeness (QED) is 0.768. The molecule has 2 amide bonds. The molecule has 2 aliphatic rings. The minimum Gasteiger partial charge on any atom is -0.493 e. The highest BCUT2D eigenvalue weighted by Crippen LogP contribution is 2.34. The van der Waals surface area contributed by atoms with Crippen molar-refractivity contribution in [2.45, 2.75) is 19.4 Å². The minimum atomic E-state index is -0.237. The number of fused-ring (bicyclic) bond motifs is 1. The molecular weight excluding hydrogens is 406 g/mol. The topological polar surface area (TPSA) is 78.4 Å². The van der Waals surface area contributed by atoms with Crippen LogP contribution in [0.15, 0.2) is 41.5 Å². The van der Waals surface area contributed by atoms with Gasteiger partial charge in [0.05, 0.1) is 26.0 Å². The monoisotopic (exact) mass is 437 g/mol. The summed E-state index contributed by atoms with van der Waals surface area (Å²) in [5.41, 5.74) is 4.87. The number of nitrogens with zero attached hydrogens (tertiary/aromatic N) is 3. The number of piperazine rings is 1. The fourth-order valence-corrected chi connectivity index (χ4v) is 4.30. The van der Waals surface area contributed by atoms with Crippen molar-refractivity contribution in [1.82, 2.24) is 15.6 Å². The van der Waals surface area contributed by atoms with Crippen molar-refractivity contribution in [3.63, 3.8) is 0 Å². The lowest BCUT2D eigenvalue weighted by Crippen LogP contribution is -2.43. The van der Waals surface area contributed by atoms with Crippen molar-refractivity contribution < 1.29 is 14.3 Å². The van der Waals surface area contributed by atoms with Gasteiger partial charge in [-0.15, -0.1) is 0 Å². The Hall–Kier alpha value is -3.26.